The van der Waals surface area contributed by atoms with Gasteiger partial charge in [0.25, 0.3) is 0 Å². The van der Waals surface area contributed by atoms with E-state index in [1.165, 1.54) is 0 Å². The molecule has 0 aromatic carbocycles. The lowest BCUT2D eigenvalue weighted by atomic mass is 10.1. The van der Waals surface area contributed by atoms with E-state index in [2.05, 4.69) is 20.4 Å². The number of anilines is 1. The van der Waals surface area contributed by atoms with Gasteiger partial charge in [-0.05, 0) is 43.4 Å². The van der Waals surface area contributed by atoms with Crippen LogP contribution in [0.2, 0.25) is 0 Å². The van der Waals surface area contributed by atoms with Gasteiger partial charge in [-0.2, -0.15) is 9.61 Å². The molecule has 3 unspecified atom stereocenters. The van der Waals surface area contributed by atoms with E-state index in [9.17, 15) is 4.21 Å². The van der Waals surface area contributed by atoms with Gasteiger partial charge in [-0.15, -0.1) is 0 Å². The van der Waals surface area contributed by atoms with Gasteiger partial charge in [0.05, 0.1) is 12.3 Å². The number of fused-ring (bicyclic) bond motifs is 1. The Morgan fingerprint density at radius 2 is 2.15 bits per heavy atom. The van der Waals surface area contributed by atoms with Gasteiger partial charge in [0.2, 0.25) is 11.3 Å². The van der Waals surface area contributed by atoms with Gasteiger partial charge in [0.1, 0.15) is 11.5 Å². The van der Waals surface area contributed by atoms with Crippen molar-refractivity contribution in [2.75, 3.05) is 11.9 Å². The molecule has 0 spiro atoms. The van der Waals surface area contributed by atoms with E-state index in [0.717, 1.165) is 42.1 Å². The van der Waals surface area contributed by atoms with Crippen molar-refractivity contribution in [3.8, 4) is 11.4 Å². The topological polar surface area (TPSA) is 107 Å². The van der Waals surface area contributed by atoms with Gasteiger partial charge in [-0.3, -0.25) is 9.17 Å². The van der Waals surface area contributed by atoms with E-state index in [4.69, 9.17) is 9.32 Å². The van der Waals surface area contributed by atoms with Crippen molar-refractivity contribution in [2.24, 2.45) is 11.1 Å². The van der Waals surface area contributed by atoms with Gasteiger partial charge >= 0.3 is 0 Å². The molecule has 4 rings (SSSR count). The number of nitrogens with two attached hydrogens (primary N) is 1. The van der Waals surface area contributed by atoms with E-state index in [1.807, 2.05) is 34.8 Å². The van der Waals surface area contributed by atoms with Crippen LogP contribution in [0.5, 0.6) is 0 Å². The summed E-state index contributed by atoms with van der Waals surface area (Å²) in [6.07, 6.45) is 6.50. The highest BCUT2D eigenvalue weighted by molar-refractivity contribution is 7.77. The van der Waals surface area contributed by atoms with Crippen LogP contribution >= 0.6 is 0 Å². The third-order valence-corrected chi connectivity index (χ3v) is 4.97. The highest BCUT2D eigenvalue weighted by Crippen LogP contribution is 2.29. The molecule has 1 fully saturated rings. The molecule has 9 heteroatoms. The van der Waals surface area contributed by atoms with E-state index in [-0.39, 0.29) is 0 Å². The summed E-state index contributed by atoms with van der Waals surface area (Å²) in [4.78, 5) is 8.74. The Bertz CT molecular complexity index is 916. The second-order valence-corrected chi connectivity index (χ2v) is 7.17. The summed E-state index contributed by atoms with van der Waals surface area (Å²) < 4.78 is 17.7. The summed E-state index contributed by atoms with van der Waals surface area (Å²) >= 11 is -1.69. The maximum absolute atomic E-state index is 10.9. The monoisotopic (exact) mass is 372 g/mol. The number of pyridine rings is 1. The first-order valence-electron chi connectivity index (χ1n) is 8.51. The largest absolute Gasteiger partial charge is 0.367 e. The van der Waals surface area contributed by atoms with Crippen LogP contribution in [-0.4, -0.2) is 36.4 Å². The lowest BCUT2D eigenvalue weighted by Gasteiger charge is -2.15. The molecule has 1 aliphatic rings. The molecule has 0 aliphatic heterocycles. The standard InChI is InChI=1S/C17H20N6O2S/c18-26(24)25-11-12-4-5-13(9-12)21-16-6-8-20-17-10-15(22-23(16)17)14-3-1-2-7-19-14/h1-3,6-8,10,12-13,21H,4-5,9,11,18H2. The maximum atomic E-state index is 10.9. The molecule has 3 atom stereocenters. The Balaban J connectivity index is 1.50. The lowest BCUT2D eigenvalue weighted by Crippen LogP contribution is -2.19. The minimum Gasteiger partial charge on any atom is -0.367 e. The maximum Gasteiger partial charge on any atom is 0.231 e. The van der Waals surface area contributed by atoms with Gasteiger partial charge < -0.3 is 5.32 Å². The highest BCUT2D eigenvalue weighted by Gasteiger charge is 2.26. The van der Waals surface area contributed by atoms with Gasteiger partial charge in [-0.25, -0.2) is 14.3 Å². The van der Waals surface area contributed by atoms with Crippen molar-refractivity contribution >= 4 is 22.7 Å². The molecule has 0 bridgehead atoms. The van der Waals surface area contributed by atoms with Crippen molar-refractivity contribution in [3.63, 3.8) is 0 Å². The molecular formula is C17H20N6O2S. The molecule has 0 saturated heterocycles. The summed E-state index contributed by atoms with van der Waals surface area (Å²) in [6.45, 7) is 0.429. The number of hydrogen-bond donors (Lipinski definition) is 2. The molecule has 3 aromatic heterocycles. The molecule has 1 aliphatic carbocycles. The average molecular weight is 372 g/mol. The molecule has 3 N–H and O–H groups in total. The summed E-state index contributed by atoms with van der Waals surface area (Å²) in [7, 11) is 0. The van der Waals surface area contributed by atoms with Crippen molar-refractivity contribution in [2.45, 2.75) is 25.3 Å². The summed E-state index contributed by atoms with van der Waals surface area (Å²) in [5.74, 6) is 1.25. The number of nitrogens with zero attached hydrogens (tertiary/aromatic N) is 4. The van der Waals surface area contributed by atoms with E-state index < -0.39 is 11.3 Å². The lowest BCUT2D eigenvalue weighted by molar-refractivity contribution is 0.274. The van der Waals surface area contributed by atoms with E-state index >= 15 is 0 Å². The van der Waals surface area contributed by atoms with Gasteiger partial charge in [0, 0.05) is 24.5 Å². The Morgan fingerprint density at radius 1 is 1.23 bits per heavy atom. The minimum absolute atomic E-state index is 0.308. The second-order valence-electron chi connectivity index (χ2n) is 6.41. The molecule has 8 nitrogen and oxygen atoms in total. The fourth-order valence-electron chi connectivity index (χ4n) is 3.37. The van der Waals surface area contributed by atoms with Gasteiger partial charge in [-0.1, -0.05) is 6.07 Å². The third kappa shape index (κ3) is 3.74. The zero-order chi connectivity index (χ0) is 17.9. The molecule has 1 saturated carbocycles. The molecule has 3 aromatic rings. The van der Waals surface area contributed by atoms with Crippen LogP contribution in [0.4, 0.5) is 5.82 Å². The molecule has 0 amide bonds. The fourth-order valence-corrected chi connectivity index (χ4v) is 3.70. The minimum atomic E-state index is -1.69. The Labute approximate surface area is 153 Å². The van der Waals surface area contributed by atoms with Crippen LogP contribution in [0.3, 0.4) is 0 Å². The molecule has 26 heavy (non-hydrogen) atoms. The number of nitrogens with one attached hydrogen (secondary N) is 1. The van der Waals surface area contributed by atoms with E-state index in [1.54, 1.807) is 12.4 Å². The smallest absolute Gasteiger partial charge is 0.231 e. The molecule has 3 heterocycles. The first kappa shape index (κ1) is 17.1. The van der Waals surface area contributed by atoms with Crippen LogP contribution in [0.15, 0.2) is 42.7 Å². The van der Waals surface area contributed by atoms with Crippen LogP contribution in [0.1, 0.15) is 19.3 Å². The fraction of sp³-hybridized carbons (Fsp3) is 0.353. The molecular weight excluding hydrogens is 352 g/mol. The van der Waals surface area contributed by atoms with Crippen LogP contribution in [-0.2, 0) is 15.4 Å². The van der Waals surface area contributed by atoms with Crippen LogP contribution < -0.4 is 10.5 Å². The van der Waals surface area contributed by atoms with Crippen molar-refractivity contribution in [3.05, 3.63) is 42.7 Å². The Hall–Kier alpha value is -2.36. The number of aromatic nitrogens is 4. The summed E-state index contributed by atoms with van der Waals surface area (Å²) in [5.41, 5.74) is 2.37. The Morgan fingerprint density at radius 3 is 2.96 bits per heavy atom. The zero-order valence-electron chi connectivity index (χ0n) is 14.1. The number of rotatable bonds is 6. The summed E-state index contributed by atoms with van der Waals surface area (Å²) in [5, 5.41) is 13.3. The first-order valence-corrected chi connectivity index (χ1v) is 9.65. The average Bonchev–Trinajstić information content (AvgIpc) is 3.28. The SMILES string of the molecule is NS(=O)OCC1CCC(Nc2ccnc3cc(-c4ccccn4)nn23)C1. The van der Waals surface area contributed by atoms with Crippen molar-refractivity contribution in [1.82, 2.24) is 19.6 Å². The quantitative estimate of drug-likeness (QED) is 0.684. The van der Waals surface area contributed by atoms with E-state index in [0.29, 0.717) is 18.6 Å². The predicted molar refractivity (Wildman–Crippen MR) is 99.3 cm³/mol. The normalized spacial score (nSPS) is 21.1. The number of hydrogen-bond acceptors (Lipinski definition) is 6. The molecule has 0 radical (unpaired) electrons. The first-order chi connectivity index (χ1) is 12.7. The van der Waals surface area contributed by atoms with Gasteiger partial charge in [0.15, 0.2) is 5.65 Å². The second kappa shape index (κ2) is 7.48. The predicted octanol–water partition coefficient (Wildman–Crippen LogP) is 1.93. The van der Waals surface area contributed by atoms with Crippen LogP contribution in [0, 0.1) is 5.92 Å². The van der Waals surface area contributed by atoms with Crippen LogP contribution in [0.25, 0.3) is 17.0 Å². The molecule has 136 valence electrons. The zero-order valence-corrected chi connectivity index (χ0v) is 14.9. The Kier molecular flexibility index (Phi) is 4.91. The summed E-state index contributed by atoms with van der Waals surface area (Å²) in [6, 6.07) is 9.90. The van der Waals surface area contributed by atoms with Crippen molar-refractivity contribution in [1.29, 1.82) is 0 Å². The highest BCUT2D eigenvalue weighted by atomic mass is 32.2. The third-order valence-electron chi connectivity index (χ3n) is 4.60. The van der Waals surface area contributed by atoms with Crippen molar-refractivity contribution < 1.29 is 8.39 Å².